The molecule has 1 aliphatic heterocycles. The van der Waals surface area contributed by atoms with E-state index in [0.717, 1.165) is 18.9 Å². The molecule has 0 spiro atoms. The Bertz CT molecular complexity index is 97.4. The van der Waals surface area contributed by atoms with E-state index in [-0.39, 0.29) is 0 Å². The van der Waals surface area contributed by atoms with E-state index in [1.54, 1.807) is 0 Å². The first-order valence-corrected chi connectivity index (χ1v) is 4.14. The zero-order chi connectivity index (χ0) is 7.82. The van der Waals surface area contributed by atoms with Crippen LogP contribution >= 0.6 is 0 Å². The van der Waals surface area contributed by atoms with Gasteiger partial charge < -0.3 is 5.32 Å². The first kappa shape index (κ1) is 9.47. The Labute approximate surface area is 63.7 Å². The van der Waals surface area contributed by atoms with Crippen molar-refractivity contribution < 1.29 is 0 Å². The van der Waals surface area contributed by atoms with Gasteiger partial charge in [-0.2, -0.15) is 0 Å². The third-order valence-electron chi connectivity index (χ3n) is 1.31. The molecular formula is C8H18N2. The lowest BCUT2D eigenvalue weighted by molar-refractivity contribution is 0.749. The monoisotopic (exact) mass is 142 g/mol. The Balaban J connectivity index is 0.000000371. The topological polar surface area (TPSA) is 24.4 Å². The minimum Gasteiger partial charge on any atom is -0.374 e. The fourth-order valence-corrected chi connectivity index (χ4v) is 0.809. The molecule has 0 unspecified atom stereocenters. The Kier molecular flexibility index (Phi) is 6.24. The number of amidine groups is 1. The van der Waals surface area contributed by atoms with Crippen LogP contribution in [0.3, 0.4) is 0 Å². The van der Waals surface area contributed by atoms with E-state index in [1.807, 2.05) is 20.8 Å². The summed E-state index contributed by atoms with van der Waals surface area (Å²) in [5.41, 5.74) is 0. The van der Waals surface area contributed by atoms with Crippen LogP contribution < -0.4 is 5.32 Å². The number of hydrogen-bond acceptors (Lipinski definition) is 2. The van der Waals surface area contributed by atoms with Gasteiger partial charge in [0.25, 0.3) is 0 Å². The molecule has 1 N–H and O–H groups in total. The van der Waals surface area contributed by atoms with Gasteiger partial charge in [-0.15, -0.1) is 0 Å². The first-order chi connectivity index (χ1) is 4.89. The standard InChI is InChI=1S/C6H12N2.C2H6/c1-6-7-4-2-3-5-8-6;1-2/h2-5H2,1H3,(H,7,8);1-2H3. The third kappa shape index (κ3) is 4.36. The summed E-state index contributed by atoms with van der Waals surface area (Å²) in [6, 6.07) is 0. The minimum absolute atomic E-state index is 1.01. The molecule has 2 heteroatoms. The van der Waals surface area contributed by atoms with E-state index in [4.69, 9.17) is 0 Å². The summed E-state index contributed by atoms with van der Waals surface area (Å²) < 4.78 is 0. The summed E-state index contributed by atoms with van der Waals surface area (Å²) >= 11 is 0. The quantitative estimate of drug-likeness (QED) is 0.548. The average molecular weight is 142 g/mol. The highest BCUT2D eigenvalue weighted by atomic mass is 15.0. The van der Waals surface area contributed by atoms with Crippen molar-refractivity contribution in [2.45, 2.75) is 33.6 Å². The maximum atomic E-state index is 4.23. The van der Waals surface area contributed by atoms with Crippen molar-refractivity contribution in [1.82, 2.24) is 5.32 Å². The van der Waals surface area contributed by atoms with Crippen molar-refractivity contribution in [3.8, 4) is 0 Å². The number of rotatable bonds is 0. The number of hydrogen-bond donors (Lipinski definition) is 1. The van der Waals surface area contributed by atoms with Gasteiger partial charge >= 0.3 is 0 Å². The lowest BCUT2D eigenvalue weighted by atomic mass is 10.3. The van der Waals surface area contributed by atoms with E-state index < -0.39 is 0 Å². The van der Waals surface area contributed by atoms with Crippen LogP contribution in [0.4, 0.5) is 0 Å². The average Bonchev–Trinajstić information content (AvgIpc) is 2.21. The largest absolute Gasteiger partial charge is 0.374 e. The van der Waals surface area contributed by atoms with Gasteiger partial charge in [-0.05, 0) is 19.8 Å². The normalized spacial score (nSPS) is 17.3. The van der Waals surface area contributed by atoms with E-state index in [2.05, 4.69) is 10.3 Å². The maximum absolute atomic E-state index is 4.23. The van der Waals surface area contributed by atoms with Crippen molar-refractivity contribution in [1.29, 1.82) is 0 Å². The minimum atomic E-state index is 1.01. The third-order valence-corrected chi connectivity index (χ3v) is 1.31. The second kappa shape index (κ2) is 6.59. The van der Waals surface area contributed by atoms with E-state index in [1.165, 1.54) is 12.8 Å². The molecule has 0 saturated heterocycles. The number of nitrogens with one attached hydrogen (secondary N) is 1. The van der Waals surface area contributed by atoms with Gasteiger partial charge in [0, 0.05) is 13.1 Å². The van der Waals surface area contributed by atoms with Crippen LogP contribution in [0.5, 0.6) is 0 Å². The molecule has 1 heterocycles. The van der Waals surface area contributed by atoms with Crippen molar-refractivity contribution in [2.75, 3.05) is 13.1 Å². The van der Waals surface area contributed by atoms with Gasteiger partial charge in [0.15, 0.2) is 0 Å². The fourth-order valence-electron chi connectivity index (χ4n) is 0.809. The van der Waals surface area contributed by atoms with Crippen LogP contribution in [-0.2, 0) is 0 Å². The lowest BCUT2D eigenvalue weighted by Crippen LogP contribution is -2.19. The number of aliphatic imine (C=N–C) groups is 1. The molecule has 0 saturated carbocycles. The Hall–Kier alpha value is -0.530. The van der Waals surface area contributed by atoms with Gasteiger partial charge in [0.05, 0.1) is 5.84 Å². The van der Waals surface area contributed by atoms with Crippen LogP contribution in [0.1, 0.15) is 33.6 Å². The molecule has 0 amide bonds. The highest BCUT2D eigenvalue weighted by Gasteiger charge is 1.94. The number of nitrogens with zero attached hydrogens (tertiary/aromatic N) is 1. The van der Waals surface area contributed by atoms with E-state index in [9.17, 15) is 0 Å². The van der Waals surface area contributed by atoms with Crippen LogP contribution in [-0.4, -0.2) is 18.9 Å². The van der Waals surface area contributed by atoms with E-state index >= 15 is 0 Å². The van der Waals surface area contributed by atoms with Crippen LogP contribution in [0.25, 0.3) is 0 Å². The van der Waals surface area contributed by atoms with Crippen molar-refractivity contribution in [2.24, 2.45) is 4.99 Å². The highest BCUT2D eigenvalue weighted by Crippen LogP contribution is 1.92. The molecule has 0 atom stereocenters. The Morgan fingerprint density at radius 2 is 2.00 bits per heavy atom. The summed E-state index contributed by atoms with van der Waals surface area (Å²) in [7, 11) is 0. The predicted molar refractivity (Wildman–Crippen MR) is 46.6 cm³/mol. The SMILES string of the molecule is CC.CC1=NCCCCN1. The Morgan fingerprint density at radius 3 is 2.70 bits per heavy atom. The molecule has 0 aromatic rings. The summed E-state index contributed by atoms with van der Waals surface area (Å²) in [5.74, 6) is 1.10. The smallest absolute Gasteiger partial charge is 0.0931 e. The molecule has 60 valence electrons. The second-order valence-corrected chi connectivity index (χ2v) is 2.10. The molecular weight excluding hydrogens is 124 g/mol. The zero-order valence-electron chi connectivity index (χ0n) is 7.28. The molecule has 0 fully saturated rings. The fraction of sp³-hybridized carbons (Fsp3) is 0.875. The highest BCUT2D eigenvalue weighted by molar-refractivity contribution is 5.79. The van der Waals surface area contributed by atoms with Crippen molar-refractivity contribution in [3.05, 3.63) is 0 Å². The van der Waals surface area contributed by atoms with E-state index in [0.29, 0.717) is 0 Å². The molecule has 0 aromatic carbocycles. The summed E-state index contributed by atoms with van der Waals surface area (Å²) in [5, 5.41) is 3.19. The second-order valence-electron chi connectivity index (χ2n) is 2.10. The predicted octanol–water partition coefficient (Wildman–Crippen LogP) is 1.81. The van der Waals surface area contributed by atoms with Gasteiger partial charge in [0.2, 0.25) is 0 Å². The summed E-state index contributed by atoms with van der Waals surface area (Å²) in [4.78, 5) is 4.23. The van der Waals surface area contributed by atoms with Gasteiger partial charge in [-0.25, -0.2) is 0 Å². The molecule has 0 aromatic heterocycles. The summed E-state index contributed by atoms with van der Waals surface area (Å²) in [6.07, 6.45) is 2.51. The van der Waals surface area contributed by atoms with Crippen molar-refractivity contribution in [3.63, 3.8) is 0 Å². The lowest BCUT2D eigenvalue weighted by Gasteiger charge is -1.96. The van der Waals surface area contributed by atoms with Crippen LogP contribution in [0, 0.1) is 0 Å². The molecule has 10 heavy (non-hydrogen) atoms. The summed E-state index contributed by atoms with van der Waals surface area (Å²) in [6.45, 7) is 8.14. The maximum Gasteiger partial charge on any atom is 0.0931 e. The molecule has 0 bridgehead atoms. The van der Waals surface area contributed by atoms with Crippen LogP contribution in [0.2, 0.25) is 0 Å². The zero-order valence-corrected chi connectivity index (χ0v) is 7.28. The van der Waals surface area contributed by atoms with Gasteiger partial charge in [-0.1, -0.05) is 13.8 Å². The first-order valence-electron chi connectivity index (χ1n) is 4.14. The molecule has 1 rings (SSSR count). The van der Waals surface area contributed by atoms with Crippen LogP contribution in [0.15, 0.2) is 4.99 Å². The molecule has 0 radical (unpaired) electrons. The Morgan fingerprint density at radius 1 is 1.30 bits per heavy atom. The van der Waals surface area contributed by atoms with Gasteiger partial charge in [-0.3, -0.25) is 4.99 Å². The molecule has 2 nitrogen and oxygen atoms in total. The molecule has 1 aliphatic rings. The van der Waals surface area contributed by atoms with Gasteiger partial charge in [0.1, 0.15) is 0 Å². The molecule has 0 aliphatic carbocycles. The van der Waals surface area contributed by atoms with Crippen molar-refractivity contribution >= 4 is 5.84 Å².